The Balaban J connectivity index is 1.73. The number of rotatable bonds is 7. The first kappa shape index (κ1) is 14.7. The van der Waals surface area contributed by atoms with Gasteiger partial charge in [-0.25, -0.2) is 4.98 Å². The second kappa shape index (κ2) is 7.16. The van der Waals surface area contributed by atoms with Crippen molar-refractivity contribution in [3.63, 3.8) is 0 Å². The van der Waals surface area contributed by atoms with E-state index in [0.717, 1.165) is 30.0 Å². The van der Waals surface area contributed by atoms with Crippen molar-refractivity contribution in [1.82, 2.24) is 20.5 Å². The number of hydrogen-bond donors (Lipinski definition) is 3. The van der Waals surface area contributed by atoms with Gasteiger partial charge in [0.1, 0.15) is 5.69 Å². The maximum Gasteiger partial charge on any atom is 0.270 e. The predicted molar refractivity (Wildman–Crippen MR) is 78.9 cm³/mol. The van der Waals surface area contributed by atoms with Crippen LogP contribution in [-0.2, 0) is 12.8 Å². The number of carbonyl (C=O) groups is 1. The van der Waals surface area contributed by atoms with Crippen molar-refractivity contribution >= 4 is 17.2 Å². The van der Waals surface area contributed by atoms with Crippen molar-refractivity contribution in [3.05, 3.63) is 33.5 Å². The average Bonchev–Trinajstić information content (AvgIpc) is 3.05. The normalized spacial score (nSPS) is 10.7. The van der Waals surface area contributed by atoms with E-state index in [1.165, 1.54) is 16.9 Å². The number of aromatic amines is 1. The highest BCUT2D eigenvalue weighted by Crippen LogP contribution is 2.10. The van der Waals surface area contributed by atoms with Gasteiger partial charge >= 0.3 is 0 Å². The van der Waals surface area contributed by atoms with E-state index >= 15 is 0 Å². The first-order valence-corrected chi connectivity index (χ1v) is 7.50. The number of carbonyl (C=O) groups excluding carboxylic acids is 1. The number of nitrogens with one attached hydrogen (secondary N) is 2. The Hall–Kier alpha value is -1.73. The van der Waals surface area contributed by atoms with Crippen molar-refractivity contribution in [2.75, 3.05) is 13.1 Å². The minimum absolute atomic E-state index is 0.117. The van der Waals surface area contributed by atoms with E-state index < -0.39 is 0 Å². The molecule has 0 unspecified atom stereocenters. The molecule has 0 spiro atoms. The van der Waals surface area contributed by atoms with Gasteiger partial charge in [-0.15, -0.1) is 11.3 Å². The summed E-state index contributed by atoms with van der Waals surface area (Å²) in [4.78, 5) is 16.1. The lowest BCUT2D eigenvalue weighted by atomic mass is 10.1. The second-order valence-corrected chi connectivity index (χ2v) is 5.49. The molecule has 2 heterocycles. The van der Waals surface area contributed by atoms with Crippen molar-refractivity contribution in [1.29, 1.82) is 0 Å². The van der Waals surface area contributed by atoms with Crippen LogP contribution in [0.4, 0.5) is 0 Å². The fourth-order valence-corrected chi connectivity index (χ4v) is 2.65. The molecule has 108 valence electrons. The molecule has 0 saturated carbocycles. The fraction of sp³-hybridized carbons (Fsp3) is 0.462. The largest absolute Gasteiger partial charge is 0.351 e. The van der Waals surface area contributed by atoms with Crippen molar-refractivity contribution in [2.24, 2.45) is 5.73 Å². The fourth-order valence-electron chi connectivity index (χ4n) is 1.85. The Morgan fingerprint density at radius 3 is 3.05 bits per heavy atom. The minimum atomic E-state index is -0.117. The van der Waals surface area contributed by atoms with E-state index in [1.54, 1.807) is 5.38 Å². The van der Waals surface area contributed by atoms with Crippen LogP contribution < -0.4 is 11.1 Å². The molecule has 4 N–H and O–H groups in total. The van der Waals surface area contributed by atoms with E-state index in [-0.39, 0.29) is 5.91 Å². The molecule has 0 saturated heterocycles. The first-order valence-electron chi connectivity index (χ1n) is 6.62. The smallest absolute Gasteiger partial charge is 0.270 e. The molecule has 0 aliphatic carbocycles. The summed E-state index contributed by atoms with van der Waals surface area (Å²) in [5.74, 6) is -0.117. The van der Waals surface area contributed by atoms with Gasteiger partial charge in [-0.1, -0.05) is 0 Å². The van der Waals surface area contributed by atoms with Crippen LogP contribution in [0.15, 0.2) is 11.6 Å². The monoisotopic (exact) mass is 293 g/mol. The van der Waals surface area contributed by atoms with Crippen LogP contribution in [0.1, 0.15) is 33.2 Å². The summed E-state index contributed by atoms with van der Waals surface area (Å²) in [7, 11) is 0. The zero-order valence-corrected chi connectivity index (χ0v) is 12.3. The van der Waals surface area contributed by atoms with Gasteiger partial charge in [-0.05, 0) is 31.9 Å². The molecular weight excluding hydrogens is 274 g/mol. The second-order valence-electron chi connectivity index (χ2n) is 4.54. The van der Waals surface area contributed by atoms with Crippen LogP contribution in [0.5, 0.6) is 0 Å². The summed E-state index contributed by atoms with van der Waals surface area (Å²) in [5, 5.41) is 12.4. The van der Waals surface area contributed by atoms with Crippen molar-refractivity contribution in [2.45, 2.75) is 26.2 Å². The van der Waals surface area contributed by atoms with Crippen LogP contribution in [0, 0.1) is 6.92 Å². The minimum Gasteiger partial charge on any atom is -0.351 e. The molecule has 20 heavy (non-hydrogen) atoms. The Morgan fingerprint density at radius 2 is 2.35 bits per heavy atom. The van der Waals surface area contributed by atoms with Gasteiger partial charge in [0, 0.05) is 24.0 Å². The summed E-state index contributed by atoms with van der Waals surface area (Å²) in [6.45, 7) is 3.18. The molecule has 2 aromatic heterocycles. The van der Waals surface area contributed by atoms with Gasteiger partial charge in [-0.2, -0.15) is 5.10 Å². The summed E-state index contributed by atoms with van der Waals surface area (Å²) in [5.41, 5.74) is 8.22. The predicted octanol–water partition coefficient (Wildman–Crippen LogP) is 1.04. The number of amides is 1. The number of hydrogen-bond acceptors (Lipinski definition) is 5. The van der Waals surface area contributed by atoms with Crippen LogP contribution in [0.25, 0.3) is 0 Å². The quantitative estimate of drug-likeness (QED) is 0.664. The number of H-pyrrole nitrogens is 1. The average molecular weight is 293 g/mol. The van der Waals surface area contributed by atoms with E-state index in [9.17, 15) is 4.79 Å². The highest BCUT2D eigenvalue weighted by Gasteiger charge is 2.09. The maximum atomic E-state index is 11.9. The number of nitrogens with two attached hydrogens (primary N) is 1. The standard InChI is InChI=1S/C13H19N5OS/c1-9-10(7-16-18-9)3-2-6-15-13(19)11-8-20-12(17-11)4-5-14/h7-8H,2-6,14H2,1H3,(H,15,19)(H,16,18). The van der Waals surface area contributed by atoms with Gasteiger partial charge in [0.25, 0.3) is 5.91 Å². The molecule has 2 aromatic rings. The molecule has 0 atom stereocenters. The lowest BCUT2D eigenvalue weighted by Crippen LogP contribution is -2.25. The molecule has 6 nitrogen and oxygen atoms in total. The molecule has 0 bridgehead atoms. The van der Waals surface area contributed by atoms with Crippen LogP contribution >= 0.6 is 11.3 Å². The molecule has 0 aliphatic heterocycles. The molecule has 2 rings (SSSR count). The number of aromatic nitrogens is 3. The Kier molecular flexibility index (Phi) is 5.25. The SMILES string of the molecule is Cc1[nH]ncc1CCCNC(=O)c1csc(CCN)n1. The third-order valence-corrected chi connectivity index (χ3v) is 3.89. The lowest BCUT2D eigenvalue weighted by Gasteiger charge is -2.02. The van der Waals surface area contributed by atoms with Gasteiger partial charge in [-0.3, -0.25) is 9.89 Å². The van der Waals surface area contributed by atoms with Crippen molar-refractivity contribution < 1.29 is 4.79 Å². The number of thiazole rings is 1. The molecular formula is C13H19N5OS. The highest BCUT2D eigenvalue weighted by atomic mass is 32.1. The van der Waals surface area contributed by atoms with Gasteiger partial charge in [0.15, 0.2) is 0 Å². The van der Waals surface area contributed by atoms with Crippen LogP contribution in [0.3, 0.4) is 0 Å². The third kappa shape index (κ3) is 3.88. The lowest BCUT2D eigenvalue weighted by molar-refractivity contribution is 0.0949. The number of nitrogens with zero attached hydrogens (tertiary/aromatic N) is 2. The van der Waals surface area contributed by atoms with Crippen LogP contribution in [0.2, 0.25) is 0 Å². The first-order chi connectivity index (χ1) is 9.70. The maximum absolute atomic E-state index is 11.9. The van der Waals surface area contributed by atoms with Gasteiger partial charge < -0.3 is 11.1 Å². The Bertz CT molecular complexity index is 563. The summed E-state index contributed by atoms with van der Waals surface area (Å²) < 4.78 is 0. The van der Waals surface area contributed by atoms with E-state index in [2.05, 4.69) is 20.5 Å². The third-order valence-electron chi connectivity index (χ3n) is 2.99. The van der Waals surface area contributed by atoms with E-state index in [4.69, 9.17) is 5.73 Å². The zero-order chi connectivity index (χ0) is 14.4. The molecule has 0 fully saturated rings. The Labute approximate surface area is 121 Å². The van der Waals surface area contributed by atoms with Gasteiger partial charge in [0.05, 0.1) is 11.2 Å². The Morgan fingerprint density at radius 1 is 1.50 bits per heavy atom. The summed E-state index contributed by atoms with van der Waals surface area (Å²) >= 11 is 1.48. The molecule has 1 amide bonds. The van der Waals surface area contributed by atoms with E-state index in [0.29, 0.717) is 18.8 Å². The van der Waals surface area contributed by atoms with E-state index in [1.807, 2.05) is 13.1 Å². The van der Waals surface area contributed by atoms with Crippen LogP contribution in [-0.4, -0.2) is 34.2 Å². The number of aryl methyl sites for hydroxylation is 2. The van der Waals surface area contributed by atoms with Crippen molar-refractivity contribution in [3.8, 4) is 0 Å². The summed E-state index contributed by atoms with van der Waals surface area (Å²) in [6, 6.07) is 0. The molecule has 0 aliphatic rings. The summed E-state index contributed by atoms with van der Waals surface area (Å²) in [6.07, 6.45) is 4.33. The molecule has 7 heteroatoms. The molecule has 0 radical (unpaired) electrons. The molecule has 0 aromatic carbocycles. The zero-order valence-electron chi connectivity index (χ0n) is 11.5. The highest BCUT2D eigenvalue weighted by molar-refractivity contribution is 7.09. The topological polar surface area (TPSA) is 96.7 Å². The van der Waals surface area contributed by atoms with Gasteiger partial charge in [0.2, 0.25) is 0 Å².